The van der Waals surface area contributed by atoms with Gasteiger partial charge in [-0.05, 0) is 20.8 Å². The van der Waals surface area contributed by atoms with Gasteiger partial charge in [0.25, 0.3) is 0 Å². The number of amides is 1. The second-order valence-electron chi connectivity index (χ2n) is 4.76. The maximum Gasteiger partial charge on any atom is 0.408 e. The molecule has 0 fully saturated rings. The van der Waals surface area contributed by atoms with E-state index in [-0.39, 0.29) is 0 Å². The van der Waals surface area contributed by atoms with Crippen molar-refractivity contribution in [2.75, 3.05) is 19.8 Å². The van der Waals surface area contributed by atoms with E-state index in [1.165, 1.54) is 6.92 Å². The van der Waals surface area contributed by atoms with E-state index >= 15 is 0 Å². The molecule has 0 rings (SSSR count). The molecule has 1 amide bonds. The summed E-state index contributed by atoms with van der Waals surface area (Å²) in [7, 11) is -5.44. The first kappa shape index (κ1) is 25.9. The number of rotatable bonds is 11. The first-order valence-corrected chi connectivity index (χ1v) is 9.00. The predicted octanol–water partition coefficient (Wildman–Crippen LogP) is 4.50. The normalized spacial score (nSPS) is 15.0. The maximum atomic E-state index is 14.3. The van der Waals surface area contributed by atoms with Crippen LogP contribution in [-0.2, 0) is 18.3 Å². The average Bonchev–Trinajstić information content (AvgIpc) is 2.52. The molecule has 6 nitrogen and oxygen atoms in total. The van der Waals surface area contributed by atoms with Crippen LogP contribution in [0.2, 0.25) is 0 Å². The lowest BCUT2D eigenvalue weighted by atomic mass is 10.0. The fourth-order valence-electron chi connectivity index (χ4n) is 1.73. The molecule has 15 heteroatoms. The molecular weight excluding hydrogens is 421 g/mol. The first-order chi connectivity index (χ1) is 12.2. The Hall–Kier alpha value is -1.14. The number of carbonyl (C=O) groups excluding carboxylic acids is 1. The van der Waals surface area contributed by atoms with Crippen LogP contribution in [0.25, 0.3) is 0 Å². The van der Waals surface area contributed by atoms with Crippen molar-refractivity contribution in [2.24, 2.45) is 0 Å². The van der Waals surface area contributed by atoms with E-state index in [9.17, 15) is 44.5 Å². The van der Waals surface area contributed by atoms with E-state index in [0.29, 0.717) is 0 Å². The lowest BCUT2D eigenvalue weighted by molar-refractivity contribution is -0.339. The number of nitrogens with one attached hydrogen (secondary N) is 1. The van der Waals surface area contributed by atoms with E-state index in [1.807, 2.05) is 0 Å². The van der Waals surface area contributed by atoms with Gasteiger partial charge in [0.2, 0.25) is 5.78 Å². The van der Waals surface area contributed by atoms with Crippen LogP contribution in [0, 0.1) is 0 Å². The zero-order valence-electron chi connectivity index (χ0n) is 14.3. The highest BCUT2D eigenvalue weighted by molar-refractivity contribution is 7.54. The molecule has 0 saturated heterocycles. The number of carbonyl (C=O) groups is 1. The fourth-order valence-corrected chi connectivity index (χ4v) is 3.65. The minimum atomic E-state index is -6.75. The molecule has 0 bridgehead atoms. The van der Waals surface area contributed by atoms with Crippen molar-refractivity contribution in [1.29, 1.82) is 0 Å². The van der Waals surface area contributed by atoms with E-state index in [2.05, 4.69) is 13.8 Å². The summed E-state index contributed by atoms with van der Waals surface area (Å²) in [5, 5.41) is 1.00. The topological polar surface area (TPSA) is 73.9 Å². The molecule has 1 atom stereocenters. The summed E-state index contributed by atoms with van der Waals surface area (Å²) in [6.45, 7) is 1.46. The van der Waals surface area contributed by atoms with Crippen molar-refractivity contribution in [3.63, 3.8) is 0 Å². The number of hydrogen-bond acceptors (Lipinski definition) is 5. The monoisotopic (exact) mass is 439 g/mol. The van der Waals surface area contributed by atoms with Crippen molar-refractivity contribution in [3.05, 3.63) is 0 Å². The Kier molecular flexibility index (Phi) is 8.98. The van der Waals surface area contributed by atoms with Gasteiger partial charge in [-0.2, -0.15) is 26.3 Å². The highest BCUT2D eigenvalue weighted by Crippen LogP contribution is 2.62. The summed E-state index contributed by atoms with van der Waals surface area (Å²) in [5.74, 6) is -23.2. The van der Waals surface area contributed by atoms with Gasteiger partial charge in [-0.15, -0.1) is 0 Å². The van der Waals surface area contributed by atoms with Gasteiger partial charge >= 0.3 is 37.9 Å². The molecule has 0 heterocycles. The van der Waals surface area contributed by atoms with Crippen LogP contribution in [-0.4, -0.2) is 55.9 Å². The number of ether oxygens (including phenoxy) is 1. The molecule has 0 aliphatic heterocycles. The van der Waals surface area contributed by atoms with Crippen molar-refractivity contribution < 1.29 is 58.3 Å². The molecule has 0 aliphatic carbocycles. The van der Waals surface area contributed by atoms with Crippen LogP contribution >= 0.6 is 7.60 Å². The van der Waals surface area contributed by atoms with E-state index in [1.54, 1.807) is 0 Å². The van der Waals surface area contributed by atoms with Gasteiger partial charge < -0.3 is 19.1 Å². The molecule has 0 spiro atoms. The minimum absolute atomic E-state index is 0.471. The Bertz CT molecular complexity index is 538. The molecule has 27 heavy (non-hydrogen) atoms. The maximum absolute atomic E-state index is 14.3. The number of alkyl halides is 8. The Morgan fingerprint density at radius 1 is 0.926 bits per heavy atom. The Labute approximate surface area is 149 Å². The number of halogens is 8. The summed E-state index contributed by atoms with van der Waals surface area (Å²) >= 11 is 0. The number of alkyl carbamates (subject to hydrolysis) is 1. The van der Waals surface area contributed by atoms with E-state index in [0.717, 1.165) is 19.2 Å². The molecule has 1 unspecified atom stereocenters. The third-order valence-electron chi connectivity index (χ3n) is 2.92. The van der Waals surface area contributed by atoms with Gasteiger partial charge in [-0.25, -0.2) is 13.6 Å². The molecule has 162 valence electrons. The third kappa shape index (κ3) is 5.23. The number of hydrogen-bond donors (Lipinski definition) is 1. The smallest absolute Gasteiger partial charge is 0.408 e. The summed E-state index contributed by atoms with van der Waals surface area (Å²) in [6, 6.07) is 0. The van der Waals surface area contributed by atoms with Crippen molar-refractivity contribution in [2.45, 2.75) is 50.7 Å². The Morgan fingerprint density at radius 3 is 1.70 bits per heavy atom. The van der Waals surface area contributed by atoms with Crippen LogP contribution in [0.15, 0.2) is 0 Å². The molecule has 0 saturated carbocycles. The van der Waals surface area contributed by atoms with E-state index in [4.69, 9.17) is 0 Å². The molecule has 0 aromatic heterocycles. The van der Waals surface area contributed by atoms with Gasteiger partial charge in [0.05, 0.1) is 19.8 Å². The second kappa shape index (κ2) is 9.37. The molecule has 1 N–H and O–H groups in total. The third-order valence-corrected chi connectivity index (χ3v) is 5.24. The quantitative estimate of drug-likeness (QED) is 0.379. The highest BCUT2D eigenvalue weighted by atomic mass is 31.2. The summed E-state index contributed by atoms with van der Waals surface area (Å²) in [5.41, 5.74) is 0. The van der Waals surface area contributed by atoms with Crippen molar-refractivity contribution >= 4 is 13.7 Å². The van der Waals surface area contributed by atoms with Gasteiger partial charge in [0.15, 0.2) is 0 Å². The summed E-state index contributed by atoms with van der Waals surface area (Å²) < 4.78 is 132. The summed E-state index contributed by atoms with van der Waals surface area (Å²) in [6.07, 6.45) is -7.06. The van der Waals surface area contributed by atoms with Gasteiger partial charge in [-0.1, -0.05) is 0 Å². The van der Waals surface area contributed by atoms with Gasteiger partial charge in [0.1, 0.15) is 0 Å². The van der Waals surface area contributed by atoms with Crippen LogP contribution in [0.5, 0.6) is 0 Å². The van der Waals surface area contributed by atoms with Crippen molar-refractivity contribution in [1.82, 2.24) is 5.32 Å². The molecule has 0 radical (unpaired) electrons. The zero-order chi connectivity index (χ0) is 21.7. The van der Waals surface area contributed by atoms with Crippen LogP contribution < -0.4 is 5.32 Å². The average molecular weight is 439 g/mol. The minimum Gasteiger partial charge on any atom is -0.450 e. The molecule has 0 aromatic rings. The summed E-state index contributed by atoms with van der Waals surface area (Å²) in [4.78, 5) is 11.4. The highest BCUT2D eigenvalue weighted by Gasteiger charge is 2.80. The predicted molar refractivity (Wildman–Crippen MR) is 75.6 cm³/mol. The lowest BCUT2D eigenvalue weighted by Gasteiger charge is -2.38. The van der Waals surface area contributed by atoms with Crippen LogP contribution in [0.1, 0.15) is 20.8 Å². The van der Waals surface area contributed by atoms with Crippen molar-refractivity contribution in [3.8, 4) is 0 Å². The standard InChI is InChI=1S/C12H18F8NO5P/c1-4-24-9(22)21-8(27(23,25-5-2)26-6-3)11(17,18)12(19,20)10(15,16)7(13)14/h7-8H,4-6H2,1-3H3,(H,21,22). The Balaban J connectivity index is 6.38. The fraction of sp³-hybridized carbons (Fsp3) is 0.917. The first-order valence-electron chi connectivity index (χ1n) is 7.39. The second-order valence-corrected chi connectivity index (χ2v) is 6.88. The Morgan fingerprint density at radius 2 is 1.37 bits per heavy atom. The molecular formula is C12H18F8NO5P. The zero-order valence-corrected chi connectivity index (χ0v) is 15.2. The molecule has 0 aromatic carbocycles. The van der Waals surface area contributed by atoms with Gasteiger partial charge in [0, 0.05) is 0 Å². The van der Waals surface area contributed by atoms with Crippen LogP contribution in [0.4, 0.5) is 39.9 Å². The van der Waals surface area contributed by atoms with Crippen LogP contribution in [0.3, 0.4) is 0 Å². The van der Waals surface area contributed by atoms with Gasteiger partial charge in [-0.3, -0.25) is 4.57 Å². The molecule has 0 aliphatic rings. The van der Waals surface area contributed by atoms with E-state index < -0.39 is 63.5 Å². The largest absolute Gasteiger partial charge is 0.450 e. The lowest BCUT2D eigenvalue weighted by Crippen LogP contribution is -2.65. The SMILES string of the molecule is CCOC(=O)NC(C(F)(F)C(F)(F)C(F)(F)C(F)F)P(=O)(OCC)OCC.